The molecule has 1 aromatic carbocycles. The van der Waals surface area contributed by atoms with Gasteiger partial charge in [-0.1, -0.05) is 12.5 Å². The second-order valence-electron chi connectivity index (χ2n) is 4.97. The molecule has 18 heavy (non-hydrogen) atoms. The van der Waals surface area contributed by atoms with E-state index in [1.165, 1.54) is 34.2 Å². The standard InChI is InChI=1S/C14H18BrNOS/c15-12-7-10(13-3-1-2-6-16-13)4-5-14(12)18-11-8-17-9-11/h4-5,7,11,13,16H,1-3,6,8-9H2. The lowest BCUT2D eigenvalue weighted by Crippen LogP contribution is -2.30. The van der Waals surface area contributed by atoms with E-state index >= 15 is 0 Å². The van der Waals surface area contributed by atoms with Gasteiger partial charge >= 0.3 is 0 Å². The number of hydrogen-bond donors (Lipinski definition) is 1. The minimum atomic E-state index is 0.543. The molecule has 3 rings (SSSR count). The molecule has 2 saturated heterocycles. The molecule has 98 valence electrons. The molecule has 0 bridgehead atoms. The molecule has 1 atom stereocenters. The molecule has 0 saturated carbocycles. The van der Waals surface area contributed by atoms with Crippen LogP contribution >= 0.6 is 27.7 Å². The lowest BCUT2D eigenvalue weighted by molar-refractivity contribution is 0.0455. The molecule has 1 aromatic rings. The van der Waals surface area contributed by atoms with Crippen LogP contribution in [0.1, 0.15) is 30.9 Å². The molecule has 2 aliphatic rings. The number of rotatable bonds is 3. The second-order valence-corrected chi connectivity index (χ2v) is 7.17. The molecular formula is C14H18BrNOS. The van der Waals surface area contributed by atoms with Crippen molar-refractivity contribution in [2.24, 2.45) is 0 Å². The lowest BCUT2D eigenvalue weighted by Gasteiger charge is -2.27. The van der Waals surface area contributed by atoms with Crippen LogP contribution in [0.2, 0.25) is 0 Å². The van der Waals surface area contributed by atoms with E-state index in [0.29, 0.717) is 11.3 Å². The van der Waals surface area contributed by atoms with Crippen molar-refractivity contribution in [3.63, 3.8) is 0 Å². The number of hydrogen-bond acceptors (Lipinski definition) is 3. The minimum absolute atomic E-state index is 0.543. The molecule has 1 unspecified atom stereocenters. The first-order chi connectivity index (χ1) is 8.83. The van der Waals surface area contributed by atoms with Crippen molar-refractivity contribution >= 4 is 27.7 Å². The fourth-order valence-corrected chi connectivity index (χ4v) is 4.11. The molecule has 0 aliphatic carbocycles. The van der Waals surface area contributed by atoms with Crippen LogP contribution in [0.4, 0.5) is 0 Å². The topological polar surface area (TPSA) is 21.3 Å². The van der Waals surface area contributed by atoms with Crippen molar-refractivity contribution < 1.29 is 4.74 Å². The lowest BCUT2D eigenvalue weighted by atomic mass is 9.98. The summed E-state index contributed by atoms with van der Waals surface area (Å²) in [7, 11) is 0. The zero-order valence-electron chi connectivity index (χ0n) is 10.3. The van der Waals surface area contributed by atoms with E-state index in [9.17, 15) is 0 Å². The SMILES string of the molecule is Brc1cc(C2CCCCN2)ccc1SC1COC1. The highest BCUT2D eigenvalue weighted by Crippen LogP contribution is 2.35. The molecule has 2 nitrogen and oxygen atoms in total. The Hall–Kier alpha value is -0.0300. The molecule has 0 radical (unpaired) electrons. The summed E-state index contributed by atoms with van der Waals surface area (Å²) in [6, 6.07) is 7.35. The monoisotopic (exact) mass is 327 g/mol. The summed E-state index contributed by atoms with van der Waals surface area (Å²) in [6.45, 7) is 2.93. The molecule has 2 aliphatic heterocycles. The van der Waals surface area contributed by atoms with Gasteiger partial charge in [0.25, 0.3) is 0 Å². The molecule has 0 amide bonds. The van der Waals surface area contributed by atoms with Crippen molar-refractivity contribution in [2.45, 2.75) is 35.4 Å². The normalized spacial score (nSPS) is 24.8. The Kier molecular flexibility index (Phi) is 4.29. The fourth-order valence-electron chi connectivity index (χ4n) is 2.43. The van der Waals surface area contributed by atoms with Gasteiger partial charge in [-0.15, -0.1) is 11.8 Å². The third-order valence-electron chi connectivity index (χ3n) is 3.57. The predicted octanol–water partition coefficient (Wildman–Crippen LogP) is 3.75. The Balaban J connectivity index is 1.70. The van der Waals surface area contributed by atoms with Crippen LogP contribution in [0, 0.1) is 0 Å². The third kappa shape index (κ3) is 2.93. The molecule has 2 heterocycles. The van der Waals surface area contributed by atoms with E-state index in [0.717, 1.165) is 19.8 Å². The predicted molar refractivity (Wildman–Crippen MR) is 79.2 cm³/mol. The zero-order valence-corrected chi connectivity index (χ0v) is 12.7. The maximum atomic E-state index is 5.22. The largest absolute Gasteiger partial charge is 0.379 e. The summed E-state index contributed by atoms with van der Waals surface area (Å²) in [6.07, 6.45) is 3.91. The van der Waals surface area contributed by atoms with Gasteiger partial charge in [-0.05, 0) is 53.0 Å². The Bertz CT molecular complexity index is 416. The van der Waals surface area contributed by atoms with Crippen LogP contribution < -0.4 is 5.32 Å². The summed E-state index contributed by atoms with van der Waals surface area (Å²) in [5.41, 5.74) is 1.41. The highest BCUT2D eigenvalue weighted by atomic mass is 79.9. The number of ether oxygens (including phenoxy) is 1. The van der Waals surface area contributed by atoms with Crippen molar-refractivity contribution in [1.29, 1.82) is 0 Å². The summed E-state index contributed by atoms with van der Waals surface area (Å²) >= 11 is 5.63. The van der Waals surface area contributed by atoms with Crippen LogP contribution in [0.3, 0.4) is 0 Å². The Morgan fingerprint density at radius 2 is 2.17 bits per heavy atom. The second kappa shape index (κ2) is 5.95. The Morgan fingerprint density at radius 3 is 2.78 bits per heavy atom. The fraction of sp³-hybridized carbons (Fsp3) is 0.571. The van der Waals surface area contributed by atoms with Crippen LogP contribution in [0.5, 0.6) is 0 Å². The summed E-state index contributed by atoms with van der Waals surface area (Å²) < 4.78 is 6.45. The molecule has 4 heteroatoms. The zero-order chi connectivity index (χ0) is 12.4. The van der Waals surface area contributed by atoms with E-state index < -0.39 is 0 Å². The average molecular weight is 328 g/mol. The van der Waals surface area contributed by atoms with Crippen LogP contribution in [0.15, 0.2) is 27.6 Å². The quantitative estimate of drug-likeness (QED) is 0.913. The molecule has 0 spiro atoms. The van der Waals surface area contributed by atoms with Gasteiger partial charge in [-0.25, -0.2) is 0 Å². The minimum Gasteiger partial charge on any atom is -0.379 e. The van der Waals surface area contributed by atoms with Gasteiger partial charge in [-0.2, -0.15) is 0 Å². The molecule has 2 fully saturated rings. The number of piperidine rings is 1. The van der Waals surface area contributed by atoms with E-state index in [1.54, 1.807) is 0 Å². The third-order valence-corrected chi connectivity index (χ3v) is 5.70. The maximum Gasteiger partial charge on any atom is 0.0611 e. The van der Waals surface area contributed by atoms with Crippen molar-refractivity contribution in [2.75, 3.05) is 19.8 Å². The molecule has 1 N–H and O–H groups in total. The highest BCUT2D eigenvalue weighted by Gasteiger charge is 2.21. The van der Waals surface area contributed by atoms with E-state index in [2.05, 4.69) is 39.4 Å². The first-order valence-electron chi connectivity index (χ1n) is 6.60. The van der Waals surface area contributed by atoms with Crippen molar-refractivity contribution in [3.8, 4) is 0 Å². The van der Waals surface area contributed by atoms with Gasteiger partial charge in [0.2, 0.25) is 0 Å². The van der Waals surface area contributed by atoms with Gasteiger partial charge in [0.1, 0.15) is 0 Å². The number of halogens is 1. The summed E-state index contributed by atoms with van der Waals surface area (Å²) in [4.78, 5) is 1.34. The first kappa shape index (κ1) is 13.0. The van der Waals surface area contributed by atoms with E-state index in [4.69, 9.17) is 4.74 Å². The van der Waals surface area contributed by atoms with Gasteiger partial charge in [0, 0.05) is 15.4 Å². The van der Waals surface area contributed by atoms with E-state index in [1.807, 2.05) is 11.8 Å². The van der Waals surface area contributed by atoms with Crippen LogP contribution in [-0.4, -0.2) is 25.0 Å². The van der Waals surface area contributed by atoms with Gasteiger partial charge in [0.05, 0.1) is 18.5 Å². The maximum absolute atomic E-state index is 5.22. The first-order valence-corrected chi connectivity index (χ1v) is 8.27. The number of benzene rings is 1. The summed E-state index contributed by atoms with van der Waals surface area (Å²) in [5.74, 6) is 0. The molecule has 0 aromatic heterocycles. The highest BCUT2D eigenvalue weighted by molar-refractivity contribution is 9.10. The average Bonchev–Trinajstić information content (AvgIpc) is 2.36. The van der Waals surface area contributed by atoms with Gasteiger partial charge in [-0.3, -0.25) is 0 Å². The van der Waals surface area contributed by atoms with Crippen LogP contribution in [0.25, 0.3) is 0 Å². The molecular weight excluding hydrogens is 310 g/mol. The Morgan fingerprint density at radius 1 is 1.28 bits per heavy atom. The smallest absolute Gasteiger partial charge is 0.0611 e. The van der Waals surface area contributed by atoms with Crippen molar-refractivity contribution in [1.82, 2.24) is 5.32 Å². The summed E-state index contributed by atoms with van der Waals surface area (Å²) in [5, 5.41) is 4.24. The number of nitrogens with one attached hydrogen (secondary N) is 1. The number of thioether (sulfide) groups is 1. The van der Waals surface area contributed by atoms with Gasteiger partial charge in [0.15, 0.2) is 0 Å². The van der Waals surface area contributed by atoms with E-state index in [-0.39, 0.29) is 0 Å². The van der Waals surface area contributed by atoms with Crippen LogP contribution in [-0.2, 0) is 4.74 Å². The Labute approximate surface area is 121 Å². The van der Waals surface area contributed by atoms with Gasteiger partial charge < -0.3 is 10.1 Å². The van der Waals surface area contributed by atoms with Crippen molar-refractivity contribution in [3.05, 3.63) is 28.2 Å².